The van der Waals surface area contributed by atoms with Crippen LogP contribution in [0.15, 0.2) is 36.9 Å². The van der Waals surface area contributed by atoms with E-state index in [1.165, 1.54) is 9.80 Å². The molecule has 1 unspecified atom stereocenters. The molecule has 1 aromatic carbocycles. The molecule has 1 N–H and O–H groups in total. The zero-order valence-electron chi connectivity index (χ0n) is 15.3. The Morgan fingerprint density at radius 2 is 2.00 bits per heavy atom. The zero-order valence-corrected chi connectivity index (χ0v) is 15.3. The highest BCUT2D eigenvalue weighted by molar-refractivity contribution is 6.16. The van der Waals surface area contributed by atoms with Crippen LogP contribution >= 0.6 is 0 Å². The van der Waals surface area contributed by atoms with Crippen LogP contribution in [0.25, 0.3) is 0 Å². The average molecular weight is 355 g/mol. The van der Waals surface area contributed by atoms with Gasteiger partial charge in [0, 0.05) is 25.4 Å². The predicted molar refractivity (Wildman–Crippen MR) is 99.6 cm³/mol. The number of carbonyl (C=O) groups is 3. The lowest BCUT2D eigenvalue weighted by Crippen LogP contribution is -2.71. The third-order valence-electron chi connectivity index (χ3n) is 5.37. The van der Waals surface area contributed by atoms with E-state index in [1.54, 1.807) is 30.3 Å². The van der Waals surface area contributed by atoms with Gasteiger partial charge in [0.15, 0.2) is 0 Å². The van der Waals surface area contributed by atoms with Crippen molar-refractivity contribution < 1.29 is 14.4 Å². The summed E-state index contributed by atoms with van der Waals surface area (Å²) in [7, 11) is 0. The van der Waals surface area contributed by atoms with E-state index < -0.39 is 5.66 Å². The fourth-order valence-corrected chi connectivity index (χ4v) is 3.96. The van der Waals surface area contributed by atoms with Crippen molar-refractivity contribution in [3.8, 4) is 0 Å². The maximum Gasteiger partial charge on any atom is 0.267 e. The van der Waals surface area contributed by atoms with Gasteiger partial charge >= 0.3 is 0 Å². The first-order valence-corrected chi connectivity index (χ1v) is 9.17. The minimum absolute atomic E-state index is 0.00674. The summed E-state index contributed by atoms with van der Waals surface area (Å²) >= 11 is 0. The number of fused-ring (bicyclic) bond motifs is 3. The van der Waals surface area contributed by atoms with Crippen LogP contribution in [-0.2, 0) is 9.59 Å². The van der Waals surface area contributed by atoms with Gasteiger partial charge in [-0.15, -0.1) is 6.58 Å². The van der Waals surface area contributed by atoms with Crippen molar-refractivity contribution in [2.75, 3.05) is 11.4 Å². The Kier molecular flexibility index (Phi) is 4.85. The lowest BCUT2D eigenvalue weighted by molar-refractivity contribution is -0.134. The van der Waals surface area contributed by atoms with Crippen LogP contribution in [-0.4, -0.2) is 40.9 Å². The number of amides is 3. The Morgan fingerprint density at radius 1 is 1.31 bits per heavy atom. The highest BCUT2D eigenvalue weighted by Crippen LogP contribution is 2.44. The van der Waals surface area contributed by atoms with Gasteiger partial charge in [0.2, 0.25) is 11.6 Å². The largest absolute Gasteiger partial charge is 0.350 e. The summed E-state index contributed by atoms with van der Waals surface area (Å²) in [5, 5.41) is 3.05. The van der Waals surface area contributed by atoms with Crippen molar-refractivity contribution in [3.63, 3.8) is 0 Å². The van der Waals surface area contributed by atoms with E-state index in [4.69, 9.17) is 0 Å². The van der Waals surface area contributed by atoms with Crippen molar-refractivity contribution in [1.82, 2.24) is 10.2 Å². The van der Waals surface area contributed by atoms with Gasteiger partial charge in [-0.25, -0.2) is 0 Å². The van der Waals surface area contributed by atoms with Crippen molar-refractivity contribution in [3.05, 3.63) is 42.5 Å². The first kappa shape index (κ1) is 18.2. The van der Waals surface area contributed by atoms with E-state index in [1.807, 2.05) is 13.8 Å². The summed E-state index contributed by atoms with van der Waals surface area (Å²) < 4.78 is 0. The molecule has 3 rings (SSSR count). The molecule has 0 aromatic heterocycles. The molecule has 1 atom stereocenters. The molecule has 2 aliphatic rings. The quantitative estimate of drug-likeness (QED) is 0.797. The van der Waals surface area contributed by atoms with E-state index in [2.05, 4.69) is 11.9 Å². The SMILES string of the molecule is C=CCN1C(=O)c2ccccc2N2C(=O)CCC12C(=O)NC(CC)CC. The first-order chi connectivity index (χ1) is 12.5. The van der Waals surface area contributed by atoms with Crippen molar-refractivity contribution in [1.29, 1.82) is 0 Å². The lowest BCUT2D eigenvalue weighted by Gasteiger charge is -2.49. The summed E-state index contributed by atoms with van der Waals surface area (Å²) in [5.74, 6) is -0.674. The Balaban J connectivity index is 2.15. The van der Waals surface area contributed by atoms with E-state index in [-0.39, 0.29) is 43.1 Å². The highest BCUT2D eigenvalue weighted by Gasteiger charge is 2.60. The Labute approximate surface area is 153 Å². The average Bonchev–Trinajstić information content (AvgIpc) is 3.01. The van der Waals surface area contributed by atoms with Crippen LogP contribution in [0.5, 0.6) is 0 Å². The molecule has 3 amide bonds. The molecule has 0 radical (unpaired) electrons. The molecule has 26 heavy (non-hydrogen) atoms. The van der Waals surface area contributed by atoms with Crippen LogP contribution in [0.3, 0.4) is 0 Å². The van der Waals surface area contributed by atoms with Crippen LogP contribution in [0, 0.1) is 0 Å². The molecule has 1 saturated heterocycles. The number of anilines is 1. The van der Waals surface area contributed by atoms with E-state index in [0.717, 1.165) is 12.8 Å². The van der Waals surface area contributed by atoms with Gasteiger partial charge in [0.1, 0.15) is 0 Å². The summed E-state index contributed by atoms with van der Waals surface area (Å²) in [5.41, 5.74) is -0.366. The molecule has 1 fully saturated rings. The molecule has 2 aliphatic heterocycles. The summed E-state index contributed by atoms with van der Waals surface area (Å²) in [6.07, 6.45) is 3.69. The molecule has 0 bridgehead atoms. The molecule has 1 aromatic rings. The van der Waals surface area contributed by atoms with Crippen molar-refractivity contribution in [2.45, 2.75) is 51.2 Å². The molecule has 0 spiro atoms. The van der Waals surface area contributed by atoms with Gasteiger partial charge in [-0.05, 0) is 25.0 Å². The molecular weight excluding hydrogens is 330 g/mol. The number of nitrogens with one attached hydrogen (secondary N) is 1. The van der Waals surface area contributed by atoms with Crippen molar-refractivity contribution >= 4 is 23.4 Å². The Morgan fingerprint density at radius 3 is 2.65 bits per heavy atom. The van der Waals surface area contributed by atoms with E-state index in [9.17, 15) is 14.4 Å². The second-order valence-corrected chi connectivity index (χ2v) is 6.75. The summed E-state index contributed by atoms with van der Waals surface area (Å²) in [6, 6.07) is 6.99. The molecule has 0 saturated carbocycles. The minimum atomic E-state index is -1.32. The normalized spacial score (nSPS) is 21.7. The highest BCUT2D eigenvalue weighted by atomic mass is 16.2. The van der Waals surface area contributed by atoms with Gasteiger partial charge in [-0.3, -0.25) is 19.3 Å². The number of nitrogens with zero attached hydrogens (tertiary/aromatic N) is 2. The lowest BCUT2D eigenvalue weighted by atomic mass is 9.95. The Bertz CT molecular complexity index is 756. The number of rotatable bonds is 6. The number of hydrogen-bond acceptors (Lipinski definition) is 3. The maximum absolute atomic E-state index is 13.4. The smallest absolute Gasteiger partial charge is 0.267 e. The fraction of sp³-hybridized carbons (Fsp3) is 0.450. The van der Waals surface area contributed by atoms with E-state index in [0.29, 0.717) is 11.3 Å². The summed E-state index contributed by atoms with van der Waals surface area (Å²) in [4.78, 5) is 42.3. The third-order valence-corrected chi connectivity index (χ3v) is 5.37. The third kappa shape index (κ3) is 2.52. The maximum atomic E-state index is 13.4. The second kappa shape index (κ2) is 6.94. The molecule has 2 heterocycles. The minimum Gasteiger partial charge on any atom is -0.350 e. The number of benzene rings is 1. The molecule has 6 nitrogen and oxygen atoms in total. The Hall–Kier alpha value is -2.63. The predicted octanol–water partition coefficient (Wildman–Crippen LogP) is 2.46. The van der Waals surface area contributed by atoms with Crippen LogP contribution in [0.4, 0.5) is 5.69 Å². The van der Waals surface area contributed by atoms with Gasteiger partial charge in [0.25, 0.3) is 11.8 Å². The molecule has 138 valence electrons. The van der Waals surface area contributed by atoms with Gasteiger partial charge in [-0.2, -0.15) is 0 Å². The molecule has 0 aliphatic carbocycles. The standard InChI is InChI=1S/C20H25N3O3/c1-4-13-22-18(25)15-9-7-8-10-16(15)23-17(24)11-12-20(22,23)19(26)21-14(5-2)6-3/h4,7-10,14H,1,5-6,11-13H2,2-3H3,(H,21,26). The molecular formula is C20H25N3O3. The van der Waals surface area contributed by atoms with Crippen LogP contribution in [0.2, 0.25) is 0 Å². The van der Waals surface area contributed by atoms with E-state index >= 15 is 0 Å². The van der Waals surface area contributed by atoms with Crippen LogP contribution < -0.4 is 10.2 Å². The fourth-order valence-electron chi connectivity index (χ4n) is 3.96. The molecule has 6 heteroatoms. The first-order valence-electron chi connectivity index (χ1n) is 9.17. The zero-order chi connectivity index (χ0) is 18.9. The monoisotopic (exact) mass is 355 g/mol. The summed E-state index contributed by atoms with van der Waals surface area (Å²) in [6.45, 7) is 7.95. The topological polar surface area (TPSA) is 69.7 Å². The van der Waals surface area contributed by atoms with Crippen LogP contribution in [0.1, 0.15) is 49.9 Å². The number of carbonyl (C=O) groups excluding carboxylic acids is 3. The number of para-hydroxylation sites is 1. The second-order valence-electron chi connectivity index (χ2n) is 6.75. The van der Waals surface area contributed by atoms with Crippen molar-refractivity contribution in [2.24, 2.45) is 0 Å². The van der Waals surface area contributed by atoms with Gasteiger partial charge < -0.3 is 10.2 Å². The van der Waals surface area contributed by atoms with Gasteiger partial charge in [0.05, 0.1) is 11.3 Å². The van der Waals surface area contributed by atoms with Gasteiger partial charge in [-0.1, -0.05) is 32.1 Å². The number of hydrogen-bond donors (Lipinski definition) is 1.